The molecule has 0 radical (unpaired) electrons. The lowest BCUT2D eigenvalue weighted by molar-refractivity contribution is 0.188. The van der Waals surface area contributed by atoms with Gasteiger partial charge < -0.3 is 5.32 Å². The maximum Gasteiger partial charge on any atom is 0.0377 e. The standard InChI is InChI=1S/C19H29N/c1-15(2)17-7-3-4-8-18(17)20-16-9-13-19(14-10-16)11-5-6-12-19/h3-4,7-8,15-16,20H,5-6,9-14H2,1-2H3. The van der Waals surface area contributed by atoms with Crippen LogP contribution >= 0.6 is 0 Å². The number of benzene rings is 1. The number of rotatable bonds is 3. The molecule has 3 rings (SSSR count). The predicted molar refractivity (Wildman–Crippen MR) is 87.3 cm³/mol. The van der Waals surface area contributed by atoms with Crippen molar-refractivity contribution >= 4 is 5.69 Å². The fourth-order valence-corrected chi connectivity index (χ4v) is 4.35. The van der Waals surface area contributed by atoms with Crippen LogP contribution in [0.1, 0.15) is 76.7 Å². The quantitative estimate of drug-likeness (QED) is 0.740. The molecule has 20 heavy (non-hydrogen) atoms. The monoisotopic (exact) mass is 271 g/mol. The zero-order valence-corrected chi connectivity index (χ0v) is 13.1. The molecule has 0 bridgehead atoms. The molecule has 0 aromatic heterocycles. The smallest absolute Gasteiger partial charge is 0.0377 e. The van der Waals surface area contributed by atoms with E-state index in [0.717, 1.165) is 5.41 Å². The molecule has 2 fully saturated rings. The number of nitrogens with one attached hydrogen (secondary N) is 1. The second-order valence-electron chi connectivity index (χ2n) is 7.37. The summed E-state index contributed by atoms with van der Waals surface area (Å²) in [5.74, 6) is 0.600. The Morgan fingerprint density at radius 2 is 1.65 bits per heavy atom. The van der Waals surface area contributed by atoms with Crippen molar-refractivity contribution in [1.82, 2.24) is 0 Å². The van der Waals surface area contributed by atoms with E-state index >= 15 is 0 Å². The molecule has 0 unspecified atom stereocenters. The van der Waals surface area contributed by atoms with Crippen LogP contribution in [0.15, 0.2) is 24.3 Å². The van der Waals surface area contributed by atoms with Crippen LogP contribution in [0.25, 0.3) is 0 Å². The second-order valence-corrected chi connectivity index (χ2v) is 7.37. The molecular weight excluding hydrogens is 242 g/mol. The van der Waals surface area contributed by atoms with E-state index in [9.17, 15) is 0 Å². The summed E-state index contributed by atoms with van der Waals surface area (Å²) >= 11 is 0. The number of para-hydroxylation sites is 1. The Labute approximate surface area is 124 Å². The number of anilines is 1. The van der Waals surface area contributed by atoms with E-state index < -0.39 is 0 Å². The maximum atomic E-state index is 3.84. The summed E-state index contributed by atoms with van der Waals surface area (Å²) in [6.45, 7) is 4.57. The van der Waals surface area contributed by atoms with Crippen molar-refractivity contribution < 1.29 is 0 Å². The third-order valence-electron chi connectivity index (χ3n) is 5.65. The van der Waals surface area contributed by atoms with Gasteiger partial charge in [-0.25, -0.2) is 0 Å². The molecule has 0 amide bonds. The van der Waals surface area contributed by atoms with Gasteiger partial charge in [0.1, 0.15) is 0 Å². The lowest BCUT2D eigenvalue weighted by atomic mass is 9.71. The van der Waals surface area contributed by atoms with Crippen LogP contribution in [-0.4, -0.2) is 6.04 Å². The van der Waals surface area contributed by atoms with Crippen molar-refractivity contribution in [2.75, 3.05) is 5.32 Å². The summed E-state index contributed by atoms with van der Waals surface area (Å²) in [7, 11) is 0. The van der Waals surface area contributed by atoms with Gasteiger partial charge in [-0.15, -0.1) is 0 Å². The molecule has 2 saturated carbocycles. The topological polar surface area (TPSA) is 12.0 Å². The molecule has 110 valence electrons. The molecule has 0 atom stereocenters. The molecule has 1 aromatic carbocycles. The average molecular weight is 271 g/mol. The van der Waals surface area contributed by atoms with E-state index in [0.29, 0.717) is 12.0 Å². The van der Waals surface area contributed by atoms with E-state index in [4.69, 9.17) is 0 Å². The van der Waals surface area contributed by atoms with Gasteiger partial charge in [-0.05, 0) is 61.5 Å². The summed E-state index contributed by atoms with van der Waals surface area (Å²) in [6.07, 6.45) is 11.6. The molecule has 2 aliphatic carbocycles. The van der Waals surface area contributed by atoms with Gasteiger partial charge in [-0.3, -0.25) is 0 Å². The molecule has 0 heterocycles. The van der Waals surface area contributed by atoms with Crippen molar-refractivity contribution in [1.29, 1.82) is 0 Å². The highest BCUT2D eigenvalue weighted by Crippen LogP contribution is 2.49. The first kappa shape index (κ1) is 14.0. The first-order valence-electron chi connectivity index (χ1n) is 8.54. The Kier molecular flexibility index (Phi) is 4.05. The highest BCUT2D eigenvalue weighted by molar-refractivity contribution is 5.53. The van der Waals surface area contributed by atoms with Crippen LogP contribution in [0.4, 0.5) is 5.69 Å². The van der Waals surface area contributed by atoms with Crippen LogP contribution in [0.5, 0.6) is 0 Å². The highest BCUT2D eigenvalue weighted by Gasteiger charge is 2.37. The van der Waals surface area contributed by atoms with Crippen molar-refractivity contribution in [3.63, 3.8) is 0 Å². The minimum Gasteiger partial charge on any atom is -0.382 e. The highest BCUT2D eigenvalue weighted by atomic mass is 14.9. The molecule has 1 heteroatoms. The Bertz CT molecular complexity index is 433. The molecule has 1 nitrogen and oxygen atoms in total. The van der Waals surface area contributed by atoms with Crippen LogP contribution in [0, 0.1) is 5.41 Å². The summed E-state index contributed by atoms with van der Waals surface area (Å²) in [6, 6.07) is 9.55. The van der Waals surface area contributed by atoms with Gasteiger partial charge in [0.25, 0.3) is 0 Å². The Hall–Kier alpha value is -0.980. The van der Waals surface area contributed by atoms with Crippen LogP contribution < -0.4 is 5.32 Å². The molecule has 1 aromatic rings. The molecule has 1 spiro atoms. The van der Waals surface area contributed by atoms with Gasteiger partial charge in [-0.2, -0.15) is 0 Å². The largest absolute Gasteiger partial charge is 0.382 e. The van der Waals surface area contributed by atoms with Crippen LogP contribution in [-0.2, 0) is 0 Å². The van der Waals surface area contributed by atoms with E-state index in [2.05, 4.69) is 43.4 Å². The normalized spacial score (nSPS) is 22.6. The van der Waals surface area contributed by atoms with Crippen molar-refractivity contribution in [3.05, 3.63) is 29.8 Å². The lowest BCUT2D eigenvalue weighted by Gasteiger charge is -2.38. The number of hydrogen-bond donors (Lipinski definition) is 1. The van der Waals surface area contributed by atoms with Crippen molar-refractivity contribution in [2.45, 2.75) is 77.2 Å². The van der Waals surface area contributed by atoms with Gasteiger partial charge in [0, 0.05) is 11.7 Å². The van der Waals surface area contributed by atoms with Crippen LogP contribution in [0.2, 0.25) is 0 Å². The summed E-state index contributed by atoms with van der Waals surface area (Å²) in [4.78, 5) is 0. The van der Waals surface area contributed by atoms with E-state index in [1.54, 1.807) is 0 Å². The summed E-state index contributed by atoms with van der Waals surface area (Å²) in [5.41, 5.74) is 3.58. The molecule has 0 aliphatic heterocycles. The third-order valence-corrected chi connectivity index (χ3v) is 5.65. The Morgan fingerprint density at radius 1 is 1.00 bits per heavy atom. The first-order valence-corrected chi connectivity index (χ1v) is 8.54. The number of hydrogen-bond acceptors (Lipinski definition) is 1. The first-order chi connectivity index (χ1) is 9.69. The SMILES string of the molecule is CC(C)c1ccccc1NC1CCC2(CCCC2)CC1. The summed E-state index contributed by atoms with van der Waals surface area (Å²) < 4.78 is 0. The Balaban J connectivity index is 1.62. The van der Waals surface area contributed by atoms with Gasteiger partial charge in [0.2, 0.25) is 0 Å². The average Bonchev–Trinajstić information content (AvgIpc) is 2.90. The molecular formula is C19H29N. The van der Waals surface area contributed by atoms with Gasteiger partial charge >= 0.3 is 0 Å². The fraction of sp³-hybridized carbons (Fsp3) is 0.684. The zero-order valence-electron chi connectivity index (χ0n) is 13.1. The maximum absolute atomic E-state index is 3.84. The van der Waals surface area contributed by atoms with Crippen LogP contribution in [0.3, 0.4) is 0 Å². The minimum absolute atomic E-state index is 0.600. The third kappa shape index (κ3) is 2.87. The predicted octanol–water partition coefficient (Wildman–Crippen LogP) is 5.72. The van der Waals surface area contributed by atoms with E-state index in [-0.39, 0.29) is 0 Å². The van der Waals surface area contributed by atoms with E-state index in [1.807, 2.05) is 0 Å². The Morgan fingerprint density at radius 3 is 2.30 bits per heavy atom. The second kappa shape index (κ2) is 5.79. The molecule has 0 saturated heterocycles. The molecule has 1 N–H and O–H groups in total. The molecule has 2 aliphatic rings. The van der Waals surface area contributed by atoms with Crippen molar-refractivity contribution in [2.24, 2.45) is 5.41 Å². The summed E-state index contributed by atoms with van der Waals surface area (Å²) in [5, 5.41) is 3.84. The van der Waals surface area contributed by atoms with Crippen molar-refractivity contribution in [3.8, 4) is 0 Å². The van der Waals surface area contributed by atoms with Gasteiger partial charge in [0.15, 0.2) is 0 Å². The minimum atomic E-state index is 0.600. The van der Waals surface area contributed by atoms with Gasteiger partial charge in [-0.1, -0.05) is 44.9 Å². The zero-order chi connectivity index (χ0) is 14.0. The fourth-order valence-electron chi connectivity index (χ4n) is 4.35. The lowest BCUT2D eigenvalue weighted by Crippen LogP contribution is -2.32. The van der Waals surface area contributed by atoms with Gasteiger partial charge in [0.05, 0.1) is 0 Å². The van der Waals surface area contributed by atoms with E-state index in [1.165, 1.54) is 62.6 Å².